The van der Waals surface area contributed by atoms with Crippen LogP contribution in [0.4, 0.5) is 5.69 Å². The van der Waals surface area contributed by atoms with Crippen molar-refractivity contribution in [2.75, 3.05) is 5.32 Å². The summed E-state index contributed by atoms with van der Waals surface area (Å²) in [6.45, 7) is 0. The number of nitrogens with one attached hydrogen (secondary N) is 1. The Kier molecular flexibility index (Phi) is 5.51. The predicted molar refractivity (Wildman–Crippen MR) is 93.0 cm³/mol. The summed E-state index contributed by atoms with van der Waals surface area (Å²) in [6.07, 6.45) is 7.23. The van der Waals surface area contributed by atoms with E-state index in [9.17, 15) is 9.00 Å². The Hall–Kier alpha value is -1.60. The Morgan fingerprint density at radius 2 is 2.13 bits per heavy atom. The maximum absolute atomic E-state index is 12.5. The highest BCUT2D eigenvalue weighted by Gasteiger charge is 2.20. The van der Waals surface area contributed by atoms with Crippen LogP contribution in [0.2, 0.25) is 0 Å². The highest BCUT2D eigenvalue weighted by Crippen LogP contribution is 2.24. The van der Waals surface area contributed by atoms with Gasteiger partial charge in [-0.25, -0.2) is 0 Å². The van der Waals surface area contributed by atoms with E-state index >= 15 is 0 Å². The Morgan fingerprint density at radius 1 is 1.30 bits per heavy atom. The van der Waals surface area contributed by atoms with Crippen LogP contribution in [0.3, 0.4) is 0 Å². The predicted octanol–water partition coefficient (Wildman–Crippen LogP) is 3.37. The molecule has 1 amide bonds. The van der Waals surface area contributed by atoms with Crippen molar-refractivity contribution in [3.63, 3.8) is 0 Å². The molecule has 1 fully saturated rings. The maximum atomic E-state index is 12.5. The number of carbonyl (C=O) groups excluding carboxylic acids is 1. The van der Waals surface area contributed by atoms with E-state index in [-0.39, 0.29) is 5.91 Å². The van der Waals surface area contributed by atoms with Gasteiger partial charge in [0.25, 0.3) is 5.91 Å². The van der Waals surface area contributed by atoms with Crippen molar-refractivity contribution in [2.45, 2.75) is 43.1 Å². The molecule has 7 heteroatoms. The largest absolute Gasteiger partial charge is 0.321 e. The molecule has 0 aliphatic heterocycles. The molecule has 1 saturated carbocycles. The second-order valence-electron chi connectivity index (χ2n) is 5.73. The summed E-state index contributed by atoms with van der Waals surface area (Å²) in [5, 5.41) is 3.13. The lowest BCUT2D eigenvalue weighted by atomic mass is 10.0. The zero-order chi connectivity index (χ0) is 16.1. The summed E-state index contributed by atoms with van der Waals surface area (Å²) in [5.74, 6) is 0.274. The van der Waals surface area contributed by atoms with Gasteiger partial charge in [-0.2, -0.15) is 8.75 Å². The first-order valence-electron chi connectivity index (χ1n) is 7.77. The van der Waals surface area contributed by atoms with Gasteiger partial charge in [0.05, 0.1) is 17.9 Å². The molecule has 23 heavy (non-hydrogen) atoms. The second-order valence-corrected chi connectivity index (χ2v) is 8.01. The average Bonchev–Trinajstić information content (AvgIpc) is 3.10. The van der Waals surface area contributed by atoms with E-state index < -0.39 is 10.8 Å². The molecule has 1 unspecified atom stereocenters. The highest BCUT2D eigenvalue weighted by molar-refractivity contribution is 7.84. The average molecular weight is 349 g/mol. The van der Waals surface area contributed by atoms with Gasteiger partial charge in [-0.3, -0.25) is 9.00 Å². The zero-order valence-electron chi connectivity index (χ0n) is 12.7. The first-order valence-corrected chi connectivity index (χ1v) is 9.88. The van der Waals surface area contributed by atoms with Gasteiger partial charge in [0.15, 0.2) is 5.69 Å². The van der Waals surface area contributed by atoms with Crippen LogP contribution in [0, 0.1) is 0 Å². The minimum absolute atomic E-state index is 0.274. The van der Waals surface area contributed by atoms with Crippen molar-refractivity contribution in [3.05, 3.63) is 41.7 Å². The SMILES string of the molecule is O=C(Nc1cccc(CS(=O)C2CCCCC2)c1)c1cnsn1. The number of carbonyl (C=O) groups is 1. The Balaban J connectivity index is 1.62. The standard InChI is InChI=1S/C16H19N3O2S2/c20-16(15-10-17-22-19-15)18-13-6-4-5-12(9-13)11-23(21)14-7-2-1-3-8-14/h4-6,9-10,14H,1-3,7-8,11H2,(H,18,20). The summed E-state index contributed by atoms with van der Waals surface area (Å²) < 4.78 is 20.2. The van der Waals surface area contributed by atoms with Crippen molar-refractivity contribution in [1.29, 1.82) is 0 Å². The molecule has 0 spiro atoms. The van der Waals surface area contributed by atoms with Crippen LogP contribution in [0.5, 0.6) is 0 Å². The number of rotatable bonds is 5. The van der Waals surface area contributed by atoms with Crippen molar-refractivity contribution < 1.29 is 9.00 Å². The molecular weight excluding hydrogens is 330 g/mol. The summed E-state index contributed by atoms with van der Waals surface area (Å²) in [5.41, 5.74) is 2.00. The van der Waals surface area contributed by atoms with Gasteiger partial charge in [0, 0.05) is 27.5 Å². The van der Waals surface area contributed by atoms with Gasteiger partial charge < -0.3 is 5.32 Å². The summed E-state index contributed by atoms with van der Waals surface area (Å²) >= 11 is 1.00. The highest BCUT2D eigenvalue weighted by atomic mass is 32.2. The van der Waals surface area contributed by atoms with Crippen molar-refractivity contribution in [1.82, 2.24) is 8.75 Å². The minimum atomic E-state index is -0.841. The van der Waals surface area contributed by atoms with Crippen LogP contribution < -0.4 is 5.32 Å². The Morgan fingerprint density at radius 3 is 2.87 bits per heavy atom. The fourth-order valence-corrected chi connectivity index (χ4v) is 4.82. The van der Waals surface area contributed by atoms with Gasteiger partial charge in [-0.1, -0.05) is 31.4 Å². The van der Waals surface area contributed by atoms with E-state index in [0.29, 0.717) is 22.4 Å². The molecule has 1 N–H and O–H groups in total. The molecule has 1 aromatic carbocycles. The van der Waals surface area contributed by atoms with Gasteiger partial charge in [0.2, 0.25) is 0 Å². The number of benzene rings is 1. The van der Waals surface area contributed by atoms with Crippen LogP contribution in [-0.4, -0.2) is 24.1 Å². The van der Waals surface area contributed by atoms with Gasteiger partial charge >= 0.3 is 0 Å². The Bertz CT molecular complexity index is 682. The number of nitrogens with zero attached hydrogens (tertiary/aromatic N) is 2. The second kappa shape index (κ2) is 7.79. The summed E-state index contributed by atoms with van der Waals surface area (Å²) in [7, 11) is -0.841. The number of hydrogen-bond acceptors (Lipinski definition) is 5. The van der Waals surface area contributed by atoms with Crippen LogP contribution in [0.25, 0.3) is 0 Å². The van der Waals surface area contributed by atoms with E-state index in [1.165, 1.54) is 25.5 Å². The normalized spacial score (nSPS) is 16.9. The van der Waals surface area contributed by atoms with Crippen molar-refractivity contribution in [3.8, 4) is 0 Å². The lowest BCUT2D eigenvalue weighted by Gasteiger charge is -2.21. The quantitative estimate of drug-likeness (QED) is 0.898. The number of anilines is 1. The smallest absolute Gasteiger partial charge is 0.277 e. The van der Waals surface area contributed by atoms with E-state index in [1.54, 1.807) is 0 Å². The molecule has 1 aromatic heterocycles. The van der Waals surface area contributed by atoms with Crippen LogP contribution in [0.15, 0.2) is 30.5 Å². The first kappa shape index (κ1) is 16.3. The molecule has 0 bridgehead atoms. The van der Waals surface area contributed by atoms with Gasteiger partial charge in [0.1, 0.15) is 0 Å². The zero-order valence-corrected chi connectivity index (χ0v) is 14.4. The molecule has 0 saturated heterocycles. The molecule has 1 aliphatic rings. The van der Waals surface area contributed by atoms with Gasteiger partial charge in [-0.05, 0) is 30.5 Å². The molecule has 2 aromatic rings. The molecule has 3 rings (SSSR count). The lowest BCUT2D eigenvalue weighted by molar-refractivity contribution is 0.102. The van der Waals surface area contributed by atoms with E-state index in [2.05, 4.69) is 14.1 Å². The first-order chi connectivity index (χ1) is 11.2. The number of aromatic nitrogens is 2. The summed E-state index contributed by atoms with van der Waals surface area (Å²) in [6, 6.07) is 7.55. The van der Waals surface area contributed by atoms with Crippen LogP contribution in [-0.2, 0) is 16.6 Å². The monoisotopic (exact) mass is 349 g/mol. The topological polar surface area (TPSA) is 72.0 Å². The molecule has 1 aliphatic carbocycles. The maximum Gasteiger partial charge on any atom is 0.277 e. The van der Waals surface area contributed by atoms with E-state index in [0.717, 1.165) is 30.1 Å². The van der Waals surface area contributed by atoms with E-state index in [4.69, 9.17) is 0 Å². The van der Waals surface area contributed by atoms with Crippen molar-refractivity contribution in [2.24, 2.45) is 0 Å². The molecule has 122 valence electrons. The van der Waals surface area contributed by atoms with Crippen molar-refractivity contribution >= 4 is 34.1 Å². The minimum Gasteiger partial charge on any atom is -0.321 e. The third kappa shape index (κ3) is 4.45. The Labute approximate surface area is 142 Å². The van der Waals surface area contributed by atoms with Crippen LogP contribution in [0.1, 0.15) is 48.2 Å². The van der Waals surface area contributed by atoms with Crippen LogP contribution >= 0.6 is 11.7 Å². The summed E-state index contributed by atoms with van der Waals surface area (Å²) in [4.78, 5) is 12.0. The molecule has 5 nitrogen and oxygen atoms in total. The third-order valence-corrected chi connectivity index (χ3v) is 6.32. The molecule has 1 heterocycles. The number of amides is 1. The third-order valence-electron chi connectivity index (χ3n) is 4.01. The lowest BCUT2D eigenvalue weighted by Crippen LogP contribution is -2.20. The fourth-order valence-electron chi connectivity index (χ4n) is 2.81. The molecule has 0 radical (unpaired) electrons. The number of hydrogen-bond donors (Lipinski definition) is 1. The molecule has 1 atom stereocenters. The molecular formula is C16H19N3O2S2. The van der Waals surface area contributed by atoms with E-state index in [1.807, 2.05) is 24.3 Å². The fraction of sp³-hybridized carbons (Fsp3) is 0.438. The van der Waals surface area contributed by atoms with Gasteiger partial charge in [-0.15, -0.1) is 0 Å².